The first-order valence-electron chi connectivity index (χ1n) is 8.48. The molecule has 3 aromatic rings. The summed E-state index contributed by atoms with van der Waals surface area (Å²) >= 11 is 7.76. The summed E-state index contributed by atoms with van der Waals surface area (Å²) in [7, 11) is 0. The molecule has 2 nitrogen and oxygen atoms in total. The van der Waals surface area contributed by atoms with Gasteiger partial charge in [-0.05, 0) is 41.0 Å². The quantitative estimate of drug-likeness (QED) is 0.534. The minimum Gasteiger partial charge on any atom is -0.351 e. The summed E-state index contributed by atoms with van der Waals surface area (Å²) in [6, 6.07) is 25.7. The minimum absolute atomic E-state index is 0.0343. The summed E-state index contributed by atoms with van der Waals surface area (Å²) in [6.07, 6.45) is 0. The van der Waals surface area contributed by atoms with Crippen molar-refractivity contribution in [2.75, 3.05) is 12.3 Å². The second-order valence-electron chi connectivity index (χ2n) is 5.88. The van der Waals surface area contributed by atoms with Gasteiger partial charge in [0.1, 0.15) is 0 Å². The molecule has 0 atom stereocenters. The van der Waals surface area contributed by atoms with E-state index in [1.165, 1.54) is 5.56 Å². The first-order valence-corrected chi connectivity index (χ1v) is 10.0. The van der Waals surface area contributed by atoms with Crippen molar-refractivity contribution in [3.05, 3.63) is 95.0 Å². The van der Waals surface area contributed by atoms with Crippen LogP contribution in [0.4, 0.5) is 0 Å². The molecule has 0 unspecified atom stereocenters. The molecule has 0 aliphatic carbocycles. The average molecular weight is 382 g/mol. The van der Waals surface area contributed by atoms with E-state index in [0.717, 1.165) is 27.7 Å². The van der Waals surface area contributed by atoms with Crippen LogP contribution in [0, 0.1) is 0 Å². The van der Waals surface area contributed by atoms with Crippen molar-refractivity contribution in [2.24, 2.45) is 0 Å². The van der Waals surface area contributed by atoms with E-state index >= 15 is 0 Å². The molecule has 0 radical (unpaired) electrons. The molecule has 0 bridgehead atoms. The van der Waals surface area contributed by atoms with Crippen molar-refractivity contribution in [2.45, 2.75) is 5.75 Å². The molecule has 1 N–H and O–H groups in total. The number of nitrogens with one attached hydrogen (secondary N) is 1. The van der Waals surface area contributed by atoms with Crippen molar-refractivity contribution >= 4 is 29.3 Å². The highest BCUT2D eigenvalue weighted by atomic mass is 35.5. The fourth-order valence-corrected chi connectivity index (χ4v) is 3.62. The lowest BCUT2D eigenvalue weighted by Gasteiger charge is -2.07. The van der Waals surface area contributed by atoms with E-state index in [1.807, 2.05) is 60.7 Å². The monoisotopic (exact) mass is 381 g/mol. The molecule has 1 amide bonds. The number of carbonyl (C=O) groups is 1. The predicted molar refractivity (Wildman–Crippen MR) is 112 cm³/mol. The molecule has 3 rings (SSSR count). The van der Waals surface area contributed by atoms with Gasteiger partial charge in [-0.25, -0.2) is 0 Å². The summed E-state index contributed by atoms with van der Waals surface area (Å²) in [5, 5.41) is 3.73. The first-order chi connectivity index (χ1) is 12.7. The summed E-state index contributed by atoms with van der Waals surface area (Å²) in [4.78, 5) is 12.2. The van der Waals surface area contributed by atoms with Crippen LogP contribution in [0.25, 0.3) is 11.1 Å². The zero-order valence-electron chi connectivity index (χ0n) is 14.3. The van der Waals surface area contributed by atoms with Crippen LogP contribution in [0.2, 0.25) is 5.02 Å². The predicted octanol–water partition coefficient (Wildman–Crippen LogP) is 5.67. The van der Waals surface area contributed by atoms with Crippen LogP contribution in [-0.4, -0.2) is 18.2 Å². The van der Waals surface area contributed by atoms with Gasteiger partial charge in [0.25, 0.3) is 5.91 Å². The number of benzene rings is 3. The fourth-order valence-electron chi connectivity index (χ4n) is 2.60. The standard InChI is InChI=1S/C22H20ClNOS/c23-21-8-4-5-17(15-21)16-26-14-13-24-22(25)20-11-9-19(10-12-20)18-6-2-1-3-7-18/h1-12,15H,13-14,16H2,(H,24,25). The van der Waals surface area contributed by atoms with Crippen molar-refractivity contribution in [1.29, 1.82) is 0 Å². The van der Waals surface area contributed by atoms with Gasteiger partial charge in [0.05, 0.1) is 0 Å². The maximum absolute atomic E-state index is 12.2. The molecule has 26 heavy (non-hydrogen) atoms. The molecule has 3 aromatic carbocycles. The largest absolute Gasteiger partial charge is 0.351 e. The molecular weight excluding hydrogens is 362 g/mol. The lowest BCUT2D eigenvalue weighted by atomic mass is 10.0. The van der Waals surface area contributed by atoms with Gasteiger partial charge in [0.2, 0.25) is 0 Å². The Kier molecular flexibility index (Phi) is 6.75. The van der Waals surface area contributed by atoms with Gasteiger partial charge in [0, 0.05) is 28.6 Å². The second-order valence-corrected chi connectivity index (χ2v) is 7.42. The number of thioether (sulfide) groups is 1. The van der Waals surface area contributed by atoms with E-state index in [-0.39, 0.29) is 5.91 Å². The van der Waals surface area contributed by atoms with Crippen LogP contribution >= 0.6 is 23.4 Å². The van der Waals surface area contributed by atoms with Crippen LogP contribution in [0.15, 0.2) is 78.9 Å². The van der Waals surface area contributed by atoms with Crippen LogP contribution in [0.5, 0.6) is 0 Å². The number of carbonyl (C=O) groups excluding carboxylic acids is 1. The Morgan fingerprint density at radius 2 is 1.62 bits per heavy atom. The molecule has 0 aromatic heterocycles. The SMILES string of the molecule is O=C(NCCSCc1cccc(Cl)c1)c1ccc(-c2ccccc2)cc1. The summed E-state index contributed by atoms with van der Waals surface area (Å²) < 4.78 is 0. The third kappa shape index (κ3) is 5.38. The Morgan fingerprint density at radius 3 is 2.35 bits per heavy atom. The van der Waals surface area contributed by atoms with E-state index in [9.17, 15) is 4.79 Å². The molecular formula is C22H20ClNOS. The molecule has 0 saturated carbocycles. The Balaban J connectivity index is 1.43. The second kappa shape index (κ2) is 9.46. The molecule has 0 saturated heterocycles. The van der Waals surface area contributed by atoms with E-state index in [1.54, 1.807) is 11.8 Å². The number of rotatable bonds is 7. The van der Waals surface area contributed by atoms with E-state index in [0.29, 0.717) is 12.1 Å². The highest BCUT2D eigenvalue weighted by Gasteiger charge is 2.05. The van der Waals surface area contributed by atoms with Gasteiger partial charge in [-0.15, -0.1) is 0 Å². The number of hydrogen-bond donors (Lipinski definition) is 1. The molecule has 4 heteroatoms. The molecule has 132 valence electrons. The Morgan fingerprint density at radius 1 is 0.885 bits per heavy atom. The molecule has 0 heterocycles. The Hall–Kier alpha value is -2.23. The van der Waals surface area contributed by atoms with Crippen molar-refractivity contribution < 1.29 is 4.79 Å². The van der Waals surface area contributed by atoms with Gasteiger partial charge in [-0.1, -0.05) is 66.2 Å². The number of halogens is 1. The van der Waals surface area contributed by atoms with Crippen LogP contribution < -0.4 is 5.32 Å². The van der Waals surface area contributed by atoms with E-state index in [4.69, 9.17) is 11.6 Å². The van der Waals surface area contributed by atoms with Gasteiger partial charge in [-0.3, -0.25) is 4.79 Å². The van der Waals surface area contributed by atoms with E-state index < -0.39 is 0 Å². The van der Waals surface area contributed by atoms with E-state index in [2.05, 4.69) is 23.5 Å². The van der Waals surface area contributed by atoms with Gasteiger partial charge >= 0.3 is 0 Å². The van der Waals surface area contributed by atoms with Crippen LogP contribution in [-0.2, 0) is 5.75 Å². The summed E-state index contributed by atoms with van der Waals surface area (Å²) in [5.41, 5.74) is 4.14. The smallest absolute Gasteiger partial charge is 0.251 e. The first kappa shape index (κ1) is 18.6. The molecule has 0 spiro atoms. The van der Waals surface area contributed by atoms with Crippen LogP contribution in [0.3, 0.4) is 0 Å². The zero-order valence-corrected chi connectivity index (χ0v) is 15.9. The maximum Gasteiger partial charge on any atom is 0.251 e. The highest BCUT2D eigenvalue weighted by Crippen LogP contribution is 2.19. The molecule has 0 fully saturated rings. The highest BCUT2D eigenvalue weighted by molar-refractivity contribution is 7.98. The normalized spacial score (nSPS) is 10.5. The van der Waals surface area contributed by atoms with Gasteiger partial charge < -0.3 is 5.32 Å². The lowest BCUT2D eigenvalue weighted by molar-refractivity contribution is 0.0956. The number of hydrogen-bond acceptors (Lipinski definition) is 2. The maximum atomic E-state index is 12.2. The van der Waals surface area contributed by atoms with Crippen LogP contribution in [0.1, 0.15) is 15.9 Å². The topological polar surface area (TPSA) is 29.1 Å². The van der Waals surface area contributed by atoms with Crippen molar-refractivity contribution in [1.82, 2.24) is 5.32 Å². The summed E-state index contributed by atoms with van der Waals surface area (Å²) in [5.74, 6) is 1.72. The van der Waals surface area contributed by atoms with Gasteiger partial charge in [-0.2, -0.15) is 11.8 Å². The molecule has 0 aliphatic rings. The Bertz CT molecular complexity index is 850. The average Bonchev–Trinajstić information content (AvgIpc) is 2.68. The zero-order chi connectivity index (χ0) is 18.2. The van der Waals surface area contributed by atoms with Gasteiger partial charge in [0.15, 0.2) is 0 Å². The third-order valence-electron chi connectivity index (χ3n) is 3.94. The van der Waals surface area contributed by atoms with Crippen molar-refractivity contribution in [3.63, 3.8) is 0 Å². The minimum atomic E-state index is -0.0343. The molecule has 0 aliphatic heterocycles. The third-order valence-corrected chi connectivity index (χ3v) is 5.21. The Labute approximate surface area is 163 Å². The fraction of sp³-hybridized carbons (Fsp3) is 0.136. The summed E-state index contributed by atoms with van der Waals surface area (Å²) in [6.45, 7) is 0.643. The lowest BCUT2D eigenvalue weighted by Crippen LogP contribution is -2.25. The number of amides is 1. The van der Waals surface area contributed by atoms with Crippen molar-refractivity contribution in [3.8, 4) is 11.1 Å².